The Bertz CT molecular complexity index is 1580. The second-order valence-electron chi connectivity index (χ2n) is 13.4. The van der Waals surface area contributed by atoms with E-state index in [9.17, 15) is 0 Å². The van der Waals surface area contributed by atoms with Gasteiger partial charge in [0.15, 0.2) is 37.9 Å². The van der Waals surface area contributed by atoms with E-state index in [0.29, 0.717) is 0 Å². The maximum absolute atomic E-state index is 4.71. The minimum absolute atomic E-state index is 0. The Balaban J connectivity index is 0.000000200. The fourth-order valence-corrected chi connectivity index (χ4v) is 6.89. The van der Waals surface area contributed by atoms with E-state index in [-0.39, 0.29) is 7.43 Å². The Hall–Kier alpha value is -3.56. The zero-order chi connectivity index (χ0) is 31.2. The minimum Gasteiger partial charge on any atom is -0.331 e. The van der Waals surface area contributed by atoms with Gasteiger partial charge in [-0.05, 0) is 24.3 Å². The molecule has 0 aliphatic rings. The van der Waals surface area contributed by atoms with Crippen LogP contribution in [0.5, 0.6) is 0 Å². The van der Waals surface area contributed by atoms with Crippen molar-refractivity contribution in [2.45, 2.75) is 33.4 Å². The Labute approximate surface area is 277 Å². The summed E-state index contributed by atoms with van der Waals surface area (Å²) in [5, 5.41) is 2.19. The van der Waals surface area contributed by atoms with Crippen molar-refractivity contribution >= 4 is 43.1 Å². The molecule has 0 bridgehead atoms. The van der Waals surface area contributed by atoms with Crippen molar-refractivity contribution in [3.8, 4) is 21.1 Å². The number of para-hydroxylation sites is 2. The van der Waals surface area contributed by atoms with Crippen LogP contribution in [0.2, 0.25) is 0 Å². The monoisotopic (exact) mass is 642 g/mol. The highest BCUT2D eigenvalue weighted by Gasteiger charge is 2.12. The zero-order valence-electron chi connectivity index (χ0n) is 27.0. The molecule has 0 spiro atoms. The lowest BCUT2D eigenvalue weighted by atomic mass is 10.2. The number of hydrogen-bond acceptors (Lipinski definition) is 4. The number of quaternary nitrogens is 2. The van der Waals surface area contributed by atoms with Crippen molar-refractivity contribution in [3.05, 3.63) is 97.6 Å². The van der Waals surface area contributed by atoms with Crippen LogP contribution in [0.15, 0.2) is 97.6 Å². The van der Waals surface area contributed by atoms with Crippen LogP contribution in [0.4, 0.5) is 0 Å². The molecule has 45 heavy (non-hydrogen) atoms. The summed E-state index contributed by atoms with van der Waals surface area (Å²) in [6, 6.07) is 25.3. The molecular weight excluding hydrogens is 593 g/mol. The molecule has 0 fully saturated rings. The first-order valence-corrected chi connectivity index (χ1v) is 17.0. The normalized spacial score (nSPS) is 11.7. The number of hydrogen-bond donors (Lipinski definition) is 0. The summed E-state index contributed by atoms with van der Waals surface area (Å²) in [5.41, 5.74) is 4.57. The second-order valence-corrected chi connectivity index (χ2v) is 15.4. The molecule has 4 aromatic heterocycles. The van der Waals surface area contributed by atoms with E-state index < -0.39 is 0 Å². The SMILES string of the molecule is C.C[N+](C)(C)CCC[n+]1ccc(-c2nc3ccccc3s2)cc1.C[N+](C)(C)CCC[n+]1ccc(-c2nc3ccccc3s2)cc1. The summed E-state index contributed by atoms with van der Waals surface area (Å²) in [7, 11) is 13.4. The fourth-order valence-electron chi connectivity index (χ4n) is 4.94. The average Bonchev–Trinajstić information content (AvgIpc) is 3.62. The summed E-state index contributed by atoms with van der Waals surface area (Å²) in [5.74, 6) is 0. The van der Waals surface area contributed by atoms with Gasteiger partial charge in [0.2, 0.25) is 0 Å². The van der Waals surface area contributed by atoms with Gasteiger partial charge in [-0.25, -0.2) is 19.1 Å². The number of nitrogens with zero attached hydrogens (tertiary/aromatic N) is 6. The van der Waals surface area contributed by atoms with Gasteiger partial charge in [0, 0.05) is 35.4 Å². The molecule has 0 amide bonds. The van der Waals surface area contributed by atoms with Crippen LogP contribution < -0.4 is 9.13 Å². The van der Waals surface area contributed by atoms with E-state index in [1.54, 1.807) is 22.7 Å². The van der Waals surface area contributed by atoms with Gasteiger partial charge in [-0.3, -0.25) is 0 Å². The fraction of sp³-hybridized carbons (Fsp3) is 0.351. The first kappa shape index (κ1) is 34.3. The first-order valence-electron chi connectivity index (χ1n) is 15.3. The lowest BCUT2D eigenvalue weighted by molar-refractivity contribution is -0.873. The Morgan fingerprint density at radius 3 is 1.22 bits per heavy atom. The molecule has 6 aromatic rings. The zero-order valence-corrected chi connectivity index (χ0v) is 28.6. The third-order valence-corrected chi connectivity index (χ3v) is 9.53. The maximum atomic E-state index is 4.71. The standard InChI is InChI=1S/2C18H23N3S.CH4/c2*1-21(2,3)14-6-11-20-12-9-15(10-13-20)18-19-16-7-4-5-8-17(16)22-18;/h2*4-5,7-10,12-13H,6,11,14H2,1-3H3;1H4/q2*+2;. The van der Waals surface area contributed by atoms with E-state index in [1.165, 1.54) is 46.5 Å². The van der Waals surface area contributed by atoms with Crippen LogP contribution in [-0.4, -0.2) is 74.3 Å². The molecule has 8 heteroatoms. The molecule has 0 atom stereocenters. The van der Waals surface area contributed by atoms with Crippen molar-refractivity contribution in [3.63, 3.8) is 0 Å². The van der Waals surface area contributed by atoms with Gasteiger partial charge in [0.05, 0.1) is 88.7 Å². The molecule has 6 rings (SSSR count). The van der Waals surface area contributed by atoms with Crippen LogP contribution in [0, 0.1) is 0 Å². The Morgan fingerprint density at radius 2 is 0.889 bits per heavy atom. The molecule has 0 unspecified atom stereocenters. The topological polar surface area (TPSA) is 33.5 Å². The van der Waals surface area contributed by atoms with Crippen molar-refractivity contribution < 1.29 is 18.1 Å². The predicted molar refractivity (Wildman–Crippen MR) is 192 cm³/mol. The largest absolute Gasteiger partial charge is 0.331 e. The highest BCUT2D eigenvalue weighted by atomic mass is 32.1. The molecule has 0 saturated carbocycles. The lowest BCUT2D eigenvalue weighted by Crippen LogP contribution is -2.39. The quantitative estimate of drug-likeness (QED) is 0.116. The molecule has 236 valence electrons. The van der Waals surface area contributed by atoms with Crippen molar-refractivity contribution in [2.24, 2.45) is 0 Å². The van der Waals surface area contributed by atoms with Gasteiger partial charge in [0.1, 0.15) is 10.0 Å². The third kappa shape index (κ3) is 10.2. The van der Waals surface area contributed by atoms with E-state index in [2.05, 4.69) is 137 Å². The van der Waals surface area contributed by atoms with Gasteiger partial charge in [-0.1, -0.05) is 31.7 Å². The van der Waals surface area contributed by atoms with Crippen molar-refractivity contribution in [1.82, 2.24) is 9.97 Å². The molecule has 0 saturated heterocycles. The smallest absolute Gasteiger partial charge is 0.169 e. The van der Waals surface area contributed by atoms with E-state index >= 15 is 0 Å². The third-order valence-electron chi connectivity index (χ3n) is 7.35. The number of fused-ring (bicyclic) bond motifs is 2. The number of benzene rings is 2. The number of aryl methyl sites for hydroxylation is 2. The van der Waals surface area contributed by atoms with Gasteiger partial charge < -0.3 is 8.97 Å². The Kier molecular flexibility index (Phi) is 11.6. The number of thiazole rings is 2. The van der Waals surface area contributed by atoms with Crippen molar-refractivity contribution in [1.29, 1.82) is 0 Å². The van der Waals surface area contributed by atoms with Gasteiger partial charge in [-0.2, -0.15) is 0 Å². The summed E-state index contributed by atoms with van der Waals surface area (Å²) in [6.45, 7) is 4.50. The van der Waals surface area contributed by atoms with E-state index in [0.717, 1.165) is 43.1 Å². The summed E-state index contributed by atoms with van der Waals surface area (Å²) >= 11 is 3.51. The highest BCUT2D eigenvalue weighted by Crippen LogP contribution is 2.30. The molecule has 2 aromatic carbocycles. The molecule has 0 aliphatic carbocycles. The number of rotatable bonds is 10. The lowest BCUT2D eigenvalue weighted by Gasteiger charge is -2.22. The molecule has 0 aliphatic heterocycles. The Morgan fingerprint density at radius 1 is 0.533 bits per heavy atom. The summed E-state index contributed by atoms with van der Waals surface area (Å²) in [6.07, 6.45) is 11.0. The van der Waals surface area contributed by atoms with E-state index in [4.69, 9.17) is 9.97 Å². The van der Waals surface area contributed by atoms with Crippen LogP contribution in [0.25, 0.3) is 41.6 Å². The van der Waals surface area contributed by atoms with Crippen LogP contribution in [0.1, 0.15) is 20.3 Å². The van der Waals surface area contributed by atoms with E-state index in [1.807, 2.05) is 12.1 Å². The predicted octanol–water partition coefficient (Wildman–Crippen LogP) is 7.33. The minimum atomic E-state index is 0. The molecular formula is C37H50N6S2+4. The molecule has 4 heterocycles. The first-order chi connectivity index (χ1) is 21.0. The number of pyridine rings is 2. The summed E-state index contributed by atoms with van der Waals surface area (Å²) < 4.78 is 9.04. The van der Waals surface area contributed by atoms with Crippen LogP contribution in [0.3, 0.4) is 0 Å². The maximum Gasteiger partial charge on any atom is 0.169 e. The average molecular weight is 643 g/mol. The number of aromatic nitrogens is 4. The van der Waals surface area contributed by atoms with Crippen LogP contribution in [-0.2, 0) is 13.1 Å². The molecule has 6 nitrogen and oxygen atoms in total. The van der Waals surface area contributed by atoms with Gasteiger partial charge in [-0.15, -0.1) is 22.7 Å². The van der Waals surface area contributed by atoms with Gasteiger partial charge >= 0.3 is 0 Å². The van der Waals surface area contributed by atoms with Gasteiger partial charge in [0.25, 0.3) is 0 Å². The second kappa shape index (κ2) is 15.1. The summed E-state index contributed by atoms with van der Waals surface area (Å²) in [4.78, 5) is 9.43. The highest BCUT2D eigenvalue weighted by molar-refractivity contribution is 7.22. The van der Waals surface area contributed by atoms with Crippen molar-refractivity contribution in [2.75, 3.05) is 55.4 Å². The molecule has 0 radical (unpaired) electrons. The molecule has 0 N–H and O–H groups in total. The van der Waals surface area contributed by atoms with Crippen LogP contribution >= 0.6 is 22.7 Å².